The van der Waals surface area contributed by atoms with Crippen molar-refractivity contribution in [1.29, 1.82) is 0 Å². The van der Waals surface area contributed by atoms with Gasteiger partial charge in [-0.1, -0.05) is 12.2 Å². The molecule has 0 aromatic carbocycles. The highest BCUT2D eigenvalue weighted by Gasteiger charge is 2.15. The van der Waals surface area contributed by atoms with Crippen LogP contribution in [0.1, 0.15) is 19.8 Å². The Bertz CT molecular complexity index is 212. The van der Waals surface area contributed by atoms with E-state index in [4.69, 9.17) is 14.6 Å². The average molecular weight is 200 g/mol. The molecule has 0 aromatic rings. The van der Waals surface area contributed by atoms with Crippen LogP contribution in [0.25, 0.3) is 0 Å². The quantitative estimate of drug-likeness (QED) is 0.534. The van der Waals surface area contributed by atoms with Crippen molar-refractivity contribution in [3.63, 3.8) is 0 Å². The molecule has 0 saturated carbocycles. The second-order valence-corrected chi connectivity index (χ2v) is 3.17. The molecule has 0 aliphatic carbocycles. The minimum absolute atomic E-state index is 0.0668. The largest absolute Gasteiger partial charge is 0.466 e. The van der Waals surface area contributed by atoms with Gasteiger partial charge >= 0.3 is 5.97 Å². The van der Waals surface area contributed by atoms with Gasteiger partial charge in [0.05, 0.1) is 25.4 Å². The molecule has 0 spiro atoms. The van der Waals surface area contributed by atoms with Crippen molar-refractivity contribution >= 4 is 5.97 Å². The van der Waals surface area contributed by atoms with E-state index in [1.54, 1.807) is 19.1 Å². The summed E-state index contributed by atoms with van der Waals surface area (Å²) >= 11 is 0. The number of hydrogen-bond donors (Lipinski definition) is 1. The van der Waals surface area contributed by atoms with Crippen molar-refractivity contribution in [3.8, 4) is 0 Å². The molecule has 1 aliphatic heterocycles. The molecular weight excluding hydrogens is 184 g/mol. The van der Waals surface area contributed by atoms with Gasteiger partial charge in [0.25, 0.3) is 0 Å². The van der Waals surface area contributed by atoms with E-state index in [9.17, 15) is 4.79 Å². The molecule has 1 unspecified atom stereocenters. The predicted molar refractivity (Wildman–Crippen MR) is 50.8 cm³/mol. The van der Waals surface area contributed by atoms with Crippen LogP contribution in [0.3, 0.4) is 0 Å². The fourth-order valence-electron chi connectivity index (χ4n) is 1.26. The van der Waals surface area contributed by atoms with E-state index in [0.29, 0.717) is 26.1 Å². The second-order valence-electron chi connectivity index (χ2n) is 3.17. The molecule has 0 bridgehead atoms. The molecule has 2 atom stereocenters. The van der Waals surface area contributed by atoms with Crippen molar-refractivity contribution in [2.75, 3.05) is 13.2 Å². The Morgan fingerprint density at radius 3 is 3.00 bits per heavy atom. The van der Waals surface area contributed by atoms with Gasteiger partial charge in [-0.15, -0.1) is 0 Å². The van der Waals surface area contributed by atoms with Gasteiger partial charge in [0, 0.05) is 6.42 Å². The van der Waals surface area contributed by atoms with Crippen LogP contribution in [-0.2, 0) is 14.3 Å². The average Bonchev–Trinajstić information content (AvgIpc) is 2.17. The van der Waals surface area contributed by atoms with E-state index in [2.05, 4.69) is 0 Å². The molecule has 14 heavy (non-hydrogen) atoms. The van der Waals surface area contributed by atoms with Crippen molar-refractivity contribution in [1.82, 2.24) is 0 Å². The lowest BCUT2D eigenvalue weighted by Crippen LogP contribution is -2.24. The summed E-state index contributed by atoms with van der Waals surface area (Å²) in [5, 5.41) is 9.09. The SMILES string of the molecule is CCOC(=O)CCC1C=C[C@H](O)CO1. The van der Waals surface area contributed by atoms with Gasteiger partial charge < -0.3 is 14.6 Å². The zero-order valence-electron chi connectivity index (χ0n) is 8.31. The molecule has 1 aliphatic rings. The lowest BCUT2D eigenvalue weighted by atomic mass is 10.1. The van der Waals surface area contributed by atoms with Crippen LogP contribution in [0, 0.1) is 0 Å². The second kappa shape index (κ2) is 5.78. The summed E-state index contributed by atoms with van der Waals surface area (Å²) in [4.78, 5) is 11.0. The molecule has 0 fully saturated rings. The van der Waals surface area contributed by atoms with E-state index in [1.165, 1.54) is 0 Å². The Kier molecular flexibility index (Phi) is 4.62. The maximum absolute atomic E-state index is 11.0. The molecular formula is C10H16O4. The van der Waals surface area contributed by atoms with Crippen molar-refractivity contribution in [2.24, 2.45) is 0 Å². The molecule has 0 amide bonds. The van der Waals surface area contributed by atoms with Gasteiger partial charge in [-0.05, 0) is 13.3 Å². The number of esters is 1. The monoisotopic (exact) mass is 200 g/mol. The first kappa shape index (κ1) is 11.2. The Labute approximate surface area is 83.5 Å². The number of ether oxygens (including phenoxy) is 2. The van der Waals surface area contributed by atoms with E-state index >= 15 is 0 Å². The lowest BCUT2D eigenvalue weighted by molar-refractivity contribution is -0.143. The van der Waals surface area contributed by atoms with Crippen LogP contribution in [0.5, 0.6) is 0 Å². The molecule has 1 rings (SSSR count). The molecule has 0 radical (unpaired) electrons. The number of rotatable bonds is 4. The first-order chi connectivity index (χ1) is 6.72. The Morgan fingerprint density at radius 1 is 1.64 bits per heavy atom. The highest BCUT2D eigenvalue weighted by molar-refractivity contribution is 5.69. The molecule has 4 nitrogen and oxygen atoms in total. The molecule has 1 heterocycles. The number of aliphatic hydroxyl groups excluding tert-OH is 1. The normalized spacial score (nSPS) is 26.1. The zero-order valence-corrected chi connectivity index (χ0v) is 8.31. The maximum atomic E-state index is 11.0. The number of carbonyl (C=O) groups is 1. The Hall–Kier alpha value is -0.870. The fourth-order valence-corrected chi connectivity index (χ4v) is 1.26. The maximum Gasteiger partial charge on any atom is 0.305 e. The predicted octanol–water partition coefficient (Wildman–Crippen LogP) is 0.646. The summed E-state index contributed by atoms with van der Waals surface area (Å²) in [6.45, 7) is 2.51. The fraction of sp³-hybridized carbons (Fsp3) is 0.700. The third-order valence-corrected chi connectivity index (χ3v) is 1.97. The van der Waals surface area contributed by atoms with E-state index in [-0.39, 0.29) is 12.1 Å². The van der Waals surface area contributed by atoms with Crippen LogP contribution < -0.4 is 0 Å². The van der Waals surface area contributed by atoms with E-state index < -0.39 is 6.10 Å². The van der Waals surface area contributed by atoms with Gasteiger partial charge in [-0.25, -0.2) is 0 Å². The van der Waals surface area contributed by atoms with Gasteiger partial charge in [-0.2, -0.15) is 0 Å². The number of carbonyl (C=O) groups excluding carboxylic acids is 1. The highest BCUT2D eigenvalue weighted by atomic mass is 16.5. The van der Waals surface area contributed by atoms with Crippen molar-refractivity contribution in [2.45, 2.75) is 32.0 Å². The first-order valence-electron chi connectivity index (χ1n) is 4.86. The topological polar surface area (TPSA) is 55.8 Å². The molecule has 80 valence electrons. The molecule has 0 saturated heterocycles. The first-order valence-corrected chi connectivity index (χ1v) is 4.86. The van der Waals surface area contributed by atoms with Gasteiger partial charge in [0.1, 0.15) is 0 Å². The van der Waals surface area contributed by atoms with Crippen LogP contribution in [-0.4, -0.2) is 36.5 Å². The van der Waals surface area contributed by atoms with Crippen LogP contribution in [0.2, 0.25) is 0 Å². The summed E-state index contributed by atoms with van der Waals surface area (Å²) in [7, 11) is 0. The van der Waals surface area contributed by atoms with Gasteiger partial charge in [0.2, 0.25) is 0 Å². The summed E-state index contributed by atoms with van der Waals surface area (Å²) in [5.41, 5.74) is 0. The number of aliphatic hydroxyl groups is 1. The Balaban J connectivity index is 2.19. The number of hydrogen-bond acceptors (Lipinski definition) is 4. The molecule has 4 heteroatoms. The highest BCUT2D eigenvalue weighted by Crippen LogP contribution is 2.11. The minimum Gasteiger partial charge on any atom is -0.466 e. The summed E-state index contributed by atoms with van der Waals surface area (Å²) in [6.07, 6.45) is 3.88. The van der Waals surface area contributed by atoms with Crippen LogP contribution >= 0.6 is 0 Å². The van der Waals surface area contributed by atoms with Gasteiger partial charge in [-0.3, -0.25) is 4.79 Å². The van der Waals surface area contributed by atoms with Gasteiger partial charge in [0.15, 0.2) is 0 Å². The lowest BCUT2D eigenvalue weighted by Gasteiger charge is -2.20. The molecule has 1 N–H and O–H groups in total. The van der Waals surface area contributed by atoms with Crippen LogP contribution in [0.4, 0.5) is 0 Å². The Morgan fingerprint density at radius 2 is 2.43 bits per heavy atom. The standard InChI is InChI=1S/C10H16O4/c1-2-13-10(12)6-5-9-4-3-8(11)7-14-9/h3-4,8-9,11H,2,5-7H2,1H3/t8-,9?/m0/s1. The third kappa shape index (κ3) is 3.89. The minimum atomic E-state index is -0.506. The third-order valence-electron chi connectivity index (χ3n) is 1.97. The van der Waals surface area contributed by atoms with Crippen LogP contribution in [0.15, 0.2) is 12.2 Å². The smallest absolute Gasteiger partial charge is 0.305 e. The zero-order chi connectivity index (χ0) is 10.4. The van der Waals surface area contributed by atoms with E-state index in [0.717, 1.165) is 0 Å². The van der Waals surface area contributed by atoms with Crippen molar-refractivity contribution in [3.05, 3.63) is 12.2 Å². The molecule has 0 aromatic heterocycles. The summed E-state index contributed by atoms with van der Waals surface area (Å²) in [6, 6.07) is 0. The van der Waals surface area contributed by atoms with Crippen molar-refractivity contribution < 1.29 is 19.4 Å². The van der Waals surface area contributed by atoms with E-state index in [1.807, 2.05) is 0 Å². The summed E-state index contributed by atoms with van der Waals surface area (Å²) < 4.78 is 10.1. The summed E-state index contributed by atoms with van der Waals surface area (Å²) in [5.74, 6) is -0.198.